The summed E-state index contributed by atoms with van der Waals surface area (Å²) in [6.07, 6.45) is 3.99. The smallest absolute Gasteiger partial charge is 0.369 e. The van der Waals surface area contributed by atoms with Crippen LogP contribution in [0.5, 0.6) is 0 Å². The van der Waals surface area contributed by atoms with Gasteiger partial charge in [-0.05, 0) is 79.1 Å². The summed E-state index contributed by atoms with van der Waals surface area (Å²) in [4.78, 5) is 34.4. The maximum absolute atomic E-state index is 13.9. The maximum atomic E-state index is 13.9. The monoisotopic (exact) mass is 672 g/mol. The molecule has 6 rings (SSSR count). The summed E-state index contributed by atoms with van der Waals surface area (Å²) in [5, 5.41) is 2.23. The van der Waals surface area contributed by atoms with Crippen LogP contribution >= 0.6 is 0 Å². The van der Waals surface area contributed by atoms with Gasteiger partial charge in [0.2, 0.25) is 5.91 Å². The number of halogens is 3. The molecule has 9 heteroatoms. The fourth-order valence-electron chi connectivity index (χ4n) is 8.20. The quantitative estimate of drug-likeness (QED) is 0.215. The summed E-state index contributed by atoms with van der Waals surface area (Å²) in [7, 11) is 0. The number of nitrogens with zero attached hydrogens (tertiary/aromatic N) is 3. The summed E-state index contributed by atoms with van der Waals surface area (Å²) in [5.41, 5.74) is 4.89. The van der Waals surface area contributed by atoms with Crippen molar-refractivity contribution < 1.29 is 22.8 Å². The third-order valence-electron chi connectivity index (χ3n) is 10.7. The van der Waals surface area contributed by atoms with E-state index in [1.165, 1.54) is 6.42 Å². The zero-order valence-corrected chi connectivity index (χ0v) is 28.4. The number of hydrogen-bond acceptors (Lipinski definition) is 4. The molecule has 0 radical (unpaired) electrons. The van der Waals surface area contributed by atoms with E-state index in [1.54, 1.807) is 0 Å². The highest BCUT2D eigenvalue weighted by Gasteiger charge is 2.49. The number of carbonyl (C=O) groups is 2. The molecular formula is C40H47F3N4O2. The molecule has 3 aliphatic rings. The molecule has 49 heavy (non-hydrogen) atoms. The average molecular weight is 673 g/mol. The number of hydrogen-bond donors (Lipinski definition) is 1. The van der Waals surface area contributed by atoms with Gasteiger partial charge in [0, 0.05) is 50.0 Å². The molecule has 260 valence electrons. The van der Waals surface area contributed by atoms with E-state index in [0.717, 1.165) is 97.5 Å². The number of alkyl halides is 3. The Bertz CT molecular complexity index is 1610. The molecule has 0 unspecified atom stereocenters. The number of anilines is 1. The first kappa shape index (κ1) is 34.7. The number of rotatable bonds is 11. The number of aryl methyl sites for hydroxylation is 1. The lowest BCUT2D eigenvalue weighted by Gasteiger charge is -2.37. The minimum atomic E-state index is -4.50. The Morgan fingerprint density at radius 2 is 1.57 bits per heavy atom. The Morgan fingerprint density at radius 3 is 2.18 bits per heavy atom. The predicted octanol–water partition coefficient (Wildman–Crippen LogP) is 7.50. The molecule has 0 atom stereocenters. The molecule has 1 aliphatic heterocycles. The Balaban J connectivity index is 1.12. The number of amides is 2. The highest BCUT2D eigenvalue weighted by molar-refractivity contribution is 6.00. The van der Waals surface area contributed by atoms with Crippen molar-refractivity contribution in [2.45, 2.75) is 69.5 Å². The van der Waals surface area contributed by atoms with Gasteiger partial charge >= 0.3 is 6.18 Å². The van der Waals surface area contributed by atoms with Crippen LogP contribution in [0, 0.1) is 6.92 Å². The SMILES string of the molecule is C=CCN(C(=O)c1cc(N2CCN(CCCC3(C(=O)NCC(F)(F)F)c4ccccc4-c4ccccc43)CC2)ccc1C)C1CCCCC1. The molecule has 0 aromatic heterocycles. The van der Waals surface area contributed by atoms with Gasteiger partial charge in [-0.3, -0.25) is 14.5 Å². The number of benzene rings is 3. The van der Waals surface area contributed by atoms with Gasteiger partial charge in [-0.15, -0.1) is 6.58 Å². The number of nitrogens with one attached hydrogen (secondary N) is 1. The van der Waals surface area contributed by atoms with Gasteiger partial charge in [0.25, 0.3) is 5.91 Å². The van der Waals surface area contributed by atoms with Gasteiger partial charge in [-0.2, -0.15) is 13.2 Å². The molecule has 1 heterocycles. The third-order valence-corrected chi connectivity index (χ3v) is 10.7. The van der Waals surface area contributed by atoms with Gasteiger partial charge in [0.15, 0.2) is 0 Å². The van der Waals surface area contributed by atoms with Crippen molar-refractivity contribution in [3.63, 3.8) is 0 Å². The van der Waals surface area contributed by atoms with E-state index >= 15 is 0 Å². The molecule has 3 aromatic rings. The van der Waals surface area contributed by atoms with E-state index in [2.05, 4.69) is 27.8 Å². The van der Waals surface area contributed by atoms with Crippen LogP contribution in [-0.2, 0) is 10.2 Å². The molecule has 3 aromatic carbocycles. The minimum absolute atomic E-state index is 0.0769. The van der Waals surface area contributed by atoms with Crippen LogP contribution in [0.1, 0.15) is 72.0 Å². The first-order chi connectivity index (χ1) is 23.6. The van der Waals surface area contributed by atoms with E-state index < -0.39 is 24.0 Å². The standard InChI is InChI=1S/C40H47F3N4O2/c1-3-21-47(30-12-5-4-6-13-30)37(48)34-27-31(19-18-29(34)2)46-25-23-45(24-26-46)22-11-20-39(38(49)44-28-40(41,42)43)35-16-9-7-14-32(35)33-15-8-10-17-36(33)39/h3,7-10,14-19,27,30H,1,4-6,11-13,20-26,28H2,2H3,(H,44,49). The lowest BCUT2D eigenvalue weighted by molar-refractivity contribution is -0.141. The Labute approximate surface area is 288 Å². The largest absolute Gasteiger partial charge is 0.405 e. The lowest BCUT2D eigenvalue weighted by Crippen LogP contribution is -2.49. The van der Waals surface area contributed by atoms with Gasteiger partial charge in [-0.1, -0.05) is 79.9 Å². The van der Waals surface area contributed by atoms with Crippen molar-refractivity contribution in [1.82, 2.24) is 15.1 Å². The summed E-state index contributed by atoms with van der Waals surface area (Å²) in [6.45, 7) is 9.02. The van der Waals surface area contributed by atoms with Crippen molar-refractivity contribution in [2.24, 2.45) is 0 Å². The molecular weight excluding hydrogens is 625 g/mol. The topological polar surface area (TPSA) is 55.9 Å². The fourth-order valence-corrected chi connectivity index (χ4v) is 8.20. The van der Waals surface area contributed by atoms with Gasteiger partial charge in [0.05, 0.1) is 0 Å². The predicted molar refractivity (Wildman–Crippen MR) is 189 cm³/mol. The minimum Gasteiger partial charge on any atom is -0.369 e. The van der Waals surface area contributed by atoms with E-state index in [4.69, 9.17) is 0 Å². The Morgan fingerprint density at radius 1 is 0.939 bits per heavy atom. The number of piperazine rings is 1. The molecule has 2 fully saturated rings. The zero-order valence-electron chi connectivity index (χ0n) is 28.4. The molecule has 1 saturated carbocycles. The maximum Gasteiger partial charge on any atom is 0.405 e. The number of carbonyl (C=O) groups excluding carboxylic acids is 2. The van der Waals surface area contributed by atoms with Crippen molar-refractivity contribution in [2.75, 3.05) is 50.7 Å². The molecule has 1 saturated heterocycles. The van der Waals surface area contributed by atoms with Crippen molar-refractivity contribution in [3.05, 3.63) is 102 Å². The highest BCUT2D eigenvalue weighted by Crippen LogP contribution is 2.51. The Kier molecular flexibility index (Phi) is 10.5. The zero-order chi connectivity index (χ0) is 34.6. The third kappa shape index (κ3) is 7.28. The summed E-state index contributed by atoms with van der Waals surface area (Å²) < 4.78 is 39.7. The van der Waals surface area contributed by atoms with Crippen molar-refractivity contribution >= 4 is 17.5 Å². The van der Waals surface area contributed by atoms with E-state index in [9.17, 15) is 22.8 Å². The second kappa shape index (κ2) is 14.8. The number of fused-ring (bicyclic) bond motifs is 3. The second-order valence-corrected chi connectivity index (χ2v) is 13.8. The molecule has 2 amide bonds. The second-order valence-electron chi connectivity index (χ2n) is 13.8. The van der Waals surface area contributed by atoms with E-state index in [1.807, 2.05) is 78.6 Å². The van der Waals surface area contributed by atoms with Crippen LogP contribution in [0.2, 0.25) is 0 Å². The molecule has 1 N–H and O–H groups in total. The first-order valence-corrected chi connectivity index (χ1v) is 17.7. The summed E-state index contributed by atoms with van der Waals surface area (Å²) in [6, 6.07) is 21.6. The van der Waals surface area contributed by atoms with Crippen LogP contribution < -0.4 is 10.2 Å². The van der Waals surface area contributed by atoms with Crippen molar-refractivity contribution in [1.29, 1.82) is 0 Å². The van der Waals surface area contributed by atoms with E-state index in [-0.39, 0.29) is 11.9 Å². The van der Waals surface area contributed by atoms with Crippen LogP contribution in [0.4, 0.5) is 18.9 Å². The van der Waals surface area contributed by atoms with Crippen LogP contribution in [-0.4, -0.2) is 79.6 Å². The van der Waals surface area contributed by atoms with Crippen molar-refractivity contribution in [3.8, 4) is 11.1 Å². The van der Waals surface area contributed by atoms with Gasteiger partial charge in [-0.25, -0.2) is 0 Å². The van der Waals surface area contributed by atoms with E-state index in [0.29, 0.717) is 19.4 Å². The molecule has 6 nitrogen and oxygen atoms in total. The summed E-state index contributed by atoms with van der Waals surface area (Å²) >= 11 is 0. The molecule has 2 aliphatic carbocycles. The van der Waals surface area contributed by atoms with Gasteiger partial charge < -0.3 is 15.1 Å². The first-order valence-electron chi connectivity index (χ1n) is 17.7. The molecule has 0 spiro atoms. The highest BCUT2D eigenvalue weighted by atomic mass is 19.4. The van der Waals surface area contributed by atoms with Gasteiger partial charge in [0.1, 0.15) is 12.0 Å². The normalized spacial score (nSPS) is 17.7. The average Bonchev–Trinajstić information content (AvgIpc) is 3.40. The Hall–Kier alpha value is -4.11. The lowest BCUT2D eigenvalue weighted by atomic mass is 9.73. The van der Waals surface area contributed by atoms with Crippen LogP contribution in [0.25, 0.3) is 11.1 Å². The van der Waals surface area contributed by atoms with Crippen LogP contribution in [0.15, 0.2) is 79.4 Å². The fraction of sp³-hybridized carbons (Fsp3) is 0.450. The van der Waals surface area contributed by atoms with Crippen LogP contribution in [0.3, 0.4) is 0 Å². The summed E-state index contributed by atoms with van der Waals surface area (Å²) in [5.74, 6) is -0.528. The molecule has 0 bridgehead atoms.